The van der Waals surface area contributed by atoms with Crippen molar-refractivity contribution in [1.29, 1.82) is 0 Å². The van der Waals surface area contributed by atoms with Gasteiger partial charge in [0.2, 0.25) is 0 Å². The summed E-state index contributed by atoms with van der Waals surface area (Å²) in [6.45, 7) is 6.59. The first-order valence-electron chi connectivity index (χ1n) is 17.0. The molecule has 0 aromatic carbocycles. The fraction of sp³-hybridized carbons (Fsp3) is 0.676. The molecule has 0 bridgehead atoms. The molecule has 22 nitrogen and oxygen atoms in total. The van der Waals surface area contributed by atoms with Gasteiger partial charge in [0.25, 0.3) is 0 Å². The molecule has 0 unspecified atom stereocenters. The molecule has 22 heteroatoms. The molecule has 0 aromatic rings. The molecule has 0 amide bonds. The van der Waals surface area contributed by atoms with Crippen LogP contribution in [-0.2, 0) is 105 Å². The SMILES string of the molecule is CC(=O)OC[C@H]1O[C@@H](OC[C@@H]2OC=CC(=O)[C@@H]2O[C@@H]2O[C@H](COC(C)=O)[C@H](OC(C)=O)[C@H](OC(C)=O)[C@H]2OC(C)=O)[C@H](OC(C)=O)[C@@H](OC(C)=O)[C@H]1OC(C)=O. The van der Waals surface area contributed by atoms with Gasteiger partial charge in [-0.15, -0.1) is 0 Å². The van der Waals surface area contributed by atoms with Gasteiger partial charge in [-0.25, -0.2) is 0 Å². The second kappa shape index (κ2) is 20.6. The van der Waals surface area contributed by atoms with Crippen molar-refractivity contribution in [1.82, 2.24) is 0 Å². The van der Waals surface area contributed by atoms with Crippen LogP contribution in [0.5, 0.6) is 0 Å². The summed E-state index contributed by atoms with van der Waals surface area (Å²) in [5.74, 6) is -7.62. The largest absolute Gasteiger partial charge is 0.492 e. The van der Waals surface area contributed by atoms with Gasteiger partial charge in [-0.05, 0) is 0 Å². The third-order valence-corrected chi connectivity index (χ3v) is 7.71. The normalized spacial score (nSPS) is 31.0. The molecule has 3 heterocycles. The number of ketones is 1. The van der Waals surface area contributed by atoms with Crippen LogP contribution in [0.2, 0.25) is 0 Å². The molecule has 2 saturated heterocycles. The highest BCUT2D eigenvalue weighted by Crippen LogP contribution is 2.33. The lowest BCUT2D eigenvalue weighted by molar-refractivity contribution is -0.326. The van der Waals surface area contributed by atoms with E-state index >= 15 is 0 Å². The van der Waals surface area contributed by atoms with Crippen molar-refractivity contribution in [3.05, 3.63) is 12.3 Å². The molecule has 3 aliphatic rings. The van der Waals surface area contributed by atoms with Gasteiger partial charge in [-0.3, -0.25) is 43.2 Å². The smallest absolute Gasteiger partial charge is 0.303 e. The van der Waals surface area contributed by atoms with E-state index in [1.807, 2.05) is 0 Å². The number of carbonyl (C=O) groups is 9. The fourth-order valence-corrected chi connectivity index (χ4v) is 5.79. The first kappa shape index (κ1) is 45.2. The van der Waals surface area contributed by atoms with E-state index in [0.717, 1.165) is 67.7 Å². The summed E-state index contributed by atoms with van der Waals surface area (Å²) in [7, 11) is 0. The molecule has 2 fully saturated rings. The zero-order valence-corrected chi connectivity index (χ0v) is 31.7. The molecule has 12 atom stereocenters. The Kier molecular flexibility index (Phi) is 16.7. The Morgan fingerprint density at radius 2 is 0.857 bits per heavy atom. The molecule has 0 radical (unpaired) electrons. The van der Waals surface area contributed by atoms with Crippen LogP contribution < -0.4 is 0 Å². The highest BCUT2D eigenvalue weighted by molar-refractivity contribution is 5.94. The van der Waals surface area contributed by atoms with Gasteiger partial charge in [0.1, 0.15) is 25.4 Å². The number of hydrogen-bond donors (Lipinski definition) is 0. The zero-order chi connectivity index (χ0) is 41.9. The van der Waals surface area contributed by atoms with E-state index in [9.17, 15) is 43.2 Å². The average molecular weight is 805 g/mol. The Balaban J connectivity index is 1.99. The van der Waals surface area contributed by atoms with Crippen molar-refractivity contribution >= 4 is 53.5 Å². The van der Waals surface area contributed by atoms with Crippen LogP contribution in [-0.4, -0.2) is 147 Å². The lowest BCUT2D eigenvalue weighted by atomic mass is 9.97. The zero-order valence-electron chi connectivity index (χ0n) is 31.7. The first-order chi connectivity index (χ1) is 26.3. The molecule has 312 valence electrons. The second-order valence-electron chi connectivity index (χ2n) is 12.4. The van der Waals surface area contributed by atoms with Crippen LogP contribution in [0.1, 0.15) is 55.4 Å². The van der Waals surface area contributed by atoms with Gasteiger partial charge in [0.05, 0.1) is 12.9 Å². The quantitative estimate of drug-likeness (QED) is 0.142. The average Bonchev–Trinajstić information content (AvgIpc) is 3.06. The molecular formula is C34H44O22. The van der Waals surface area contributed by atoms with Crippen molar-refractivity contribution in [2.24, 2.45) is 0 Å². The Labute approximate surface area is 319 Å². The summed E-state index contributed by atoms with van der Waals surface area (Å²) in [6.07, 6.45) is -16.8. The van der Waals surface area contributed by atoms with E-state index in [-0.39, 0.29) is 0 Å². The van der Waals surface area contributed by atoms with E-state index in [2.05, 4.69) is 0 Å². The molecule has 56 heavy (non-hydrogen) atoms. The molecule has 0 spiro atoms. The van der Waals surface area contributed by atoms with Crippen LogP contribution in [0, 0.1) is 0 Å². The third-order valence-electron chi connectivity index (χ3n) is 7.71. The minimum atomic E-state index is -1.80. The first-order valence-corrected chi connectivity index (χ1v) is 17.0. The molecule has 0 aromatic heterocycles. The van der Waals surface area contributed by atoms with Crippen LogP contribution in [0.25, 0.3) is 0 Å². The van der Waals surface area contributed by atoms with Crippen molar-refractivity contribution < 1.29 is 105 Å². The highest BCUT2D eigenvalue weighted by Gasteiger charge is 2.56. The van der Waals surface area contributed by atoms with E-state index in [1.54, 1.807) is 0 Å². The molecule has 3 aliphatic heterocycles. The van der Waals surface area contributed by atoms with E-state index in [0.29, 0.717) is 0 Å². The van der Waals surface area contributed by atoms with Crippen molar-refractivity contribution in [3.8, 4) is 0 Å². The van der Waals surface area contributed by atoms with Crippen LogP contribution in [0.15, 0.2) is 12.3 Å². The van der Waals surface area contributed by atoms with Crippen LogP contribution >= 0.6 is 0 Å². The van der Waals surface area contributed by atoms with Gasteiger partial charge in [-0.2, -0.15) is 0 Å². The predicted octanol–water partition coefficient (Wildman–Crippen LogP) is -0.964. The minimum Gasteiger partial charge on any atom is -0.492 e. The van der Waals surface area contributed by atoms with Crippen LogP contribution in [0.3, 0.4) is 0 Å². The maximum atomic E-state index is 13.4. The van der Waals surface area contributed by atoms with Gasteiger partial charge in [-0.1, -0.05) is 0 Å². The van der Waals surface area contributed by atoms with Crippen molar-refractivity contribution in [3.63, 3.8) is 0 Å². The third kappa shape index (κ3) is 13.2. The minimum absolute atomic E-state index is 0.548. The number of ether oxygens (including phenoxy) is 13. The summed E-state index contributed by atoms with van der Waals surface area (Å²) in [4.78, 5) is 110. The Bertz CT molecular complexity index is 1520. The molecule has 3 rings (SSSR count). The summed E-state index contributed by atoms with van der Waals surface area (Å²) >= 11 is 0. The Morgan fingerprint density at radius 1 is 0.482 bits per heavy atom. The Hall–Kier alpha value is -5.19. The van der Waals surface area contributed by atoms with Crippen molar-refractivity contribution in [2.45, 2.75) is 129 Å². The van der Waals surface area contributed by atoms with Gasteiger partial charge in [0, 0.05) is 61.5 Å². The summed E-state index contributed by atoms with van der Waals surface area (Å²) in [5.41, 5.74) is 0. The van der Waals surface area contributed by atoms with Gasteiger partial charge >= 0.3 is 47.8 Å². The number of hydrogen-bond acceptors (Lipinski definition) is 22. The van der Waals surface area contributed by atoms with Crippen LogP contribution in [0.4, 0.5) is 0 Å². The lowest BCUT2D eigenvalue weighted by Gasteiger charge is -2.45. The van der Waals surface area contributed by atoms with Crippen molar-refractivity contribution in [2.75, 3.05) is 19.8 Å². The fourth-order valence-electron chi connectivity index (χ4n) is 5.79. The number of esters is 8. The standard InChI is InChI=1S/C34H44O22/c1-14(35)45-12-24-27(48-16(3)37)29(50-18(5)39)31(52-20(7)41)33(54-24)47-11-23-26(22(43)9-10-44-23)56-34-32(53-21(8)42)30(51-19(6)40)28(49-17(4)38)25(55-34)13-46-15(2)36/h9-10,23-34H,11-13H2,1-8H3/t23-,24+,25+,26-,27-,28-,29-,30-,31+,32+,33+,34-/m0/s1. The molecule has 0 aliphatic carbocycles. The molecular weight excluding hydrogens is 760 g/mol. The monoisotopic (exact) mass is 804 g/mol. The second-order valence-corrected chi connectivity index (χ2v) is 12.4. The van der Waals surface area contributed by atoms with Gasteiger partial charge in [0.15, 0.2) is 67.2 Å². The van der Waals surface area contributed by atoms with Gasteiger partial charge < -0.3 is 61.6 Å². The maximum absolute atomic E-state index is 13.4. The number of rotatable bonds is 15. The van der Waals surface area contributed by atoms with E-state index in [1.165, 1.54) is 0 Å². The maximum Gasteiger partial charge on any atom is 0.303 e. The topological polar surface area (TPSA) is 274 Å². The highest BCUT2D eigenvalue weighted by atomic mass is 16.8. The summed E-state index contributed by atoms with van der Waals surface area (Å²) < 4.78 is 72.0. The molecule has 0 saturated carbocycles. The molecule has 0 N–H and O–H groups in total. The predicted molar refractivity (Wildman–Crippen MR) is 174 cm³/mol. The Morgan fingerprint density at radius 3 is 1.27 bits per heavy atom. The summed E-state index contributed by atoms with van der Waals surface area (Å²) in [6, 6.07) is 0. The van der Waals surface area contributed by atoms with E-state index < -0.39 is 147 Å². The summed E-state index contributed by atoms with van der Waals surface area (Å²) in [5, 5.41) is 0. The van der Waals surface area contributed by atoms with E-state index in [4.69, 9.17) is 61.6 Å². The lowest BCUT2D eigenvalue weighted by Crippen LogP contribution is -2.64. The number of carbonyl (C=O) groups excluding carboxylic acids is 9.